The molecule has 8 heteroatoms. The van der Waals surface area contributed by atoms with Gasteiger partial charge in [-0.2, -0.15) is 5.26 Å². The summed E-state index contributed by atoms with van der Waals surface area (Å²) in [6.45, 7) is 0.785. The maximum atomic E-state index is 12.6. The van der Waals surface area contributed by atoms with Gasteiger partial charge in [-0.1, -0.05) is 30.3 Å². The molecule has 0 saturated carbocycles. The van der Waals surface area contributed by atoms with Crippen LogP contribution in [-0.2, 0) is 24.0 Å². The van der Waals surface area contributed by atoms with Crippen LogP contribution in [0.2, 0.25) is 0 Å². The first-order valence-electron chi connectivity index (χ1n) is 8.56. The summed E-state index contributed by atoms with van der Waals surface area (Å²) >= 11 is 1.54. The second-order valence-electron chi connectivity index (χ2n) is 6.56. The molecule has 2 fully saturated rings. The Kier molecular flexibility index (Phi) is 5.33. The van der Waals surface area contributed by atoms with Gasteiger partial charge in [-0.25, -0.2) is 4.79 Å². The van der Waals surface area contributed by atoms with E-state index in [1.807, 2.05) is 30.3 Å². The van der Waals surface area contributed by atoms with Crippen LogP contribution in [0.4, 0.5) is 0 Å². The van der Waals surface area contributed by atoms with E-state index in [1.165, 1.54) is 18.7 Å². The number of amides is 1. The van der Waals surface area contributed by atoms with Gasteiger partial charge in [0.15, 0.2) is 12.4 Å². The summed E-state index contributed by atoms with van der Waals surface area (Å²) in [6, 6.07) is 10.6. The van der Waals surface area contributed by atoms with Crippen molar-refractivity contribution >= 4 is 35.1 Å². The molecule has 0 spiro atoms. The molecule has 140 valence electrons. The number of carbonyl (C=O) groups excluding carboxylic acids is 3. The van der Waals surface area contributed by atoms with Crippen molar-refractivity contribution in [1.29, 1.82) is 10.7 Å². The van der Waals surface area contributed by atoms with Crippen LogP contribution in [-0.4, -0.2) is 46.7 Å². The third kappa shape index (κ3) is 3.35. The topological polar surface area (TPSA) is 111 Å². The Morgan fingerprint density at radius 1 is 1.44 bits per heavy atom. The second-order valence-corrected chi connectivity index (χ2v) is 7.86. The van der Waals surface area contributed by atoms with Gasteiger partial charge in [-0.05, 0) is 18.9 Å². The number of rotatable bonds is 6. The number of nitriles is 1. The third-order valence-electron chi connectivity index (χ3n) is 4.86. The molecule has 2 saturated heterocycles. The molecule has 2 aliphatic heterocycles. The van der Waals surface area contributed by atoms with Crippen molar-refractivity contribution in [3.63, 3.8) is 0 Å². The molecule has 1 unspecified atom stereocenters. The van der Waals surface area contributed by atoms with Gasteiger partial charge in [0.25, 0.3) is 0 Å². The minimum absolute atomic E-state index is 0.0900. The monoisotopic (exact) mass is 385 g/mol. The van der Waals surface area contributed by atoms with Crippen molar-refractivity contribution in [3.05, 3.63) is 35.9 Å². The van der Waals surface area contributed by atoms with Gasteiger partial charge in [0.1, 0.15) is 16.8 Å². The molecule has 0 bridgehead atoms. The largest absolute Gasteiger partial charge is 0.456 e. The predicted molar refractivity (Wildman–Crippen MR) is 98.9 cm³/mol. The minimum Gasteiger partial charge on any atom is -0.456 e. The predicted octanol–water partition coefficient (Wildman–Crippen LogP) is 1.87. The number of nitrogens with zero attached hydrogens (tertiary/aromatic N) is 2. The summed E-state index contributed by atoms with van der Waals surface area (Å²) in [6.07, 6.45) is 0.973. The van der Waals surface area contributed by atoms with Gasteiger partial charge in [-0.15, -0.1) is 11.8 Å². The van der Waals surface area contributed by atoms with Crippen LogP contribution in [0.15, 0.2) is 30.3 Å². The summed E-state index contributed by atoms with van der Waals surface area (Å²) in [4.78, 5) is 38.1. The standard InChI is InChI=1S/C19H19N3O4S/c1-12(21)14(9-20)16(23)10-26-18(25)15-11-27-19(8-7-17(24)22(15)19)13-5-3-2-4-6-13/h2-6,14-15,21H,7-8,10-11H2,1H3/t14?,15-,19+/m0/s1. The van der Waals surface area contributed by atoms with E-state index in [2.05, 4.69) is 0 Å². The summed E-state index contributed by atoms with van der Waals surface area (Å²) in [7, 11) is 0. The number of ether oxygens (including phenoxy) is 1. The first-order chi connectivity index (χ1) is 12.9. The summed E-state index contributed by atoms with van der Waals surface area (Å²) in [5.74, 6) is -2.22. The summed E-state index contributed by atoms with van der Waals surface area (Å²) in [5, 5.41) is 16.4. The molecule has 1 aromatic carbocycles. The van der Waals surface area contributed by atoms with E-state index in [4.69, 9.17) is 15.4 Å². The molecule has 1 N–H and O–H groups in total. The Hall–Kier alpha value is -2.66. The molecule has 3 rings (SSSR count). The van der Waals surface area contributed by atoms with E-state index >= 15 is 0 Å². The molecule has 1 aromatic rings. The zero-order valence-corrected chi connectivity index (χ0v) is 15.6. The Labute approximate surface area is 161 Å². The van der Waals surface area contributed by atoms with Crippen LogP contribution in [0.1, 0.15) is 25.3 Å². The fourth-order valence-corrected chi connectivity index (χ4v) is 5.18. The molecule has 0 aromatic heterocycles. The van der Waals surface area contributed by atoms with Crippen LogP contribution in [0.5, 0.6) is 0 Å². The van der Waals surface area contributed by atoms with Crippen LogP contribution >= 0.6 is 11.8 Å². The van der Waals surface area contributed by atoms with Crippen LogP contribution in [0, 0.1) is 22.7 Å². The van der Waals surface area contributed by atoms with Crippen molar-refractivity contribution < 1.29 is 19.1 Å². The number of hydrogen-bond acceptors (Lipinski definition) is 7. The maximum Gasteiger partial charge on any atom is 0.330 e. The van der Waals surface area contributed by atoms with E-state index in [9.17, 15) is 14.4 Å². The van der Waals surface area contributed by atoms with E-state index in [1.54, 1.807) is 11.0 Å². The second kappa shape index (κ2) is 7.53. The van der Waals surface area contributed by atoms with Crippen LogP contribution in [0.3, 0.4) is 0 Å². The number of carbonyl (C=O) groups is 3. The zero-order chi connectivity index (χ0) is 19.6. The van der Waals surface area contributed by atoms with Crippen LogP contribution < -0.4 is 0 Å². The Morgan fingerprint density at radius 3 is 2.78 bits per heavy atom. The molecule has 0 radical (unpaired) electrons. The molecule has 27 heavy (non-hydrogen) atoms. The highest BCUT2D eigenvalue weighted by Crippen LogP contribution is 2.54. The van der Waals surface area contributed by atoms with Crippen molar-refractivity contribution in [3.8, 4) is 6.07 Å². The van der Waals surface area contributed by atoms with Gasteiger partial charge in [0.2, 0.25) is 5.91 Å². The fourth-order valence-electron chi connectivity index (χ4n) is 3.55. The smallest absolute Gasteiger partial charge is 0.330 e. The minimum atomic E-state index is -1.22. The number of Topliss-reactive ketones (excluding diaryl/α,β-unsaturated/α-hetero) is 1. The Balaban J connectivity index is 1.74. The van der Waals surface area contributed by atoms with E-state index in [0.29, 0.717) is 18.6 Å². The van der Waals surface area contributed by atoms with Crippen molar-refractivity contribution in [1.82, 2.24) is 4.90 Å². The molecule has 3 atom stereocenters. The number of thioether (sulfide) groups is 1. The number of hydrogen-bond donors (Lipinski definition) is 1. The van der Waals surface area contributed by atoms with E-state index in [0.717, 1.165) is 5.56 Å². The number of nitrogens with one attached hydrogen (secondary N) is 1. The van der Waals surface area contributed by atoms with Gasteiger partial charge in [0, 0.05) is 17.9 Å². The third-order valence-corrected chi connectivity index (χ3v) is 6.46. The lowest BCUT2D eigenvalue weighted by molar-refractivity contribution is -0.156. The number of esters is 1. The molecular weight excluding hydrogens is 366 g/mol. The average Bonchev–Trinajstić information content (AvgIpc) is 3.20. The lowest BCUT2D eigenvalue weighted by Crippen LogP contribution is -2.47. The number of fused-ring (bicyclic) bond motifs is 1. The first kappa shape index (κ1) is 19.1. The van der Waals surface area contributed by atoms with Crippen molar-refractivity contribution in [2.24, 2.45) is 5.92 Å². The number of ketones is 1. The molecule has 2 heterocycles. The molecule has 2 aliphatic rings. The first-order valence-corrected chi connectivity index (χ1v) is 9.55. The summed E-state index contributed by atoms with van der Waals surface area (Å²) < 4.78 is 5.11. The van der Waals surface area contributed by atoms with Crippen LogP contribution in [0.25, 0.3) is 0 Å². The fraction of sp³-hybridized carbons (Fsp3) is 0.421. The molecule has 1 amide bonds. The Morgan fingerprint density at radius 2 is 2.15 bits per heavy atom. The molecule has 0 aliphatic carbocycles. The SMILES string of the molecule is CC(=N)C(C#N)C(=O)COC(=O)[C@@H]1CS[C@@]2(c3ccccc3)CCC(=O)N12. The molecule has 7 nitrogen and oxygen atoms in total. The lowest BCUT2D eigenvalue weighted by Gasteiger charge is -2.33. The van der Waals surface area contributed by atoms with E-state index < -0.39 is 35.2 Å². The van der Waals surface area contributed by atoms with Gasteiger partial charge in [-0.3, -0.25) is 9.59 Å². The van der Waals surface area contributed by atoms with Gasteiger partial charge >= 0.3 is 5.97 Å². The van der Waals surface area contributed by atoms with Gasteiger partial charge < -0.3 is 15.0 Å². The Bertz CT molecular complexity index is 835. The highest BCUT2D eigenvalue weighted by molar-refractivity contribution is 8.00. The number of benzene rings is 1. The van der Waals surface area contributed by atoms with Crippen molar-refractivity contribution in [2.45, 2.75) is 30.7 Å². The normalized spacial score (nSPS) is 24.8. The quantitative estimate of drug-likeness (QED) is 0.591. The maximum absolute atomic E-state index is 12.6. The van der Waals surface area contributed by atoms with Gasteiger partial charge in [0.05, 0.1) is 6.07 Å². The molecular formula is C19H19N3O4S. The van der Waals surface area contributed by atoms with E-state index in [-0.39, 0.29) is 11.6 Å². The lowest BCUT2D eigenvalue weighted by atomic mass is 10.0. The highest BCUT2D eigenvalue weighted by atomic mass is 32.2. The average molecular weight is 385 g/mol. The summed E-state index contributed by atoms with van der Waals surface area (Å²) in [5.41, 5.74) is 0.879. The van der Waals surface area contributed by atoms with Crippen molar-refractivity contribution in [2.75, 3.05) is 12.4 Å². The highest BCUT2D eigenvalue weighted by Gasteiger charge is 2.57. The zero-order valence-electron chi connectivity index (χ0n) is 14.8.